The van der Waals surface area contributed by atoms with Crippen LogP contribution in [0.4, 0.5) is 10.1 Å². The summed E-state index contributed by atoms with van der Waals surface area (Å²) in [5, 5.41) is 0. The highest BCUT2D eigenvalue weighted by Crippen LogP contribution is 2.26. The van der Waals surface area contributed by atoms with Gasteiger partial charge in [0.2, 0.25) is 0 Å². The van der Waals surface area contributed by atoms with Crippen molar-refractivity contribution in [3.05, 3.63) is 65.0 Å². The minimum Gasteiger partial charge on any atom is -0.399 e. The minimum atomic E-state index is -0.449. The fourth-order valence-corrected chi connectivity index (χ4v) is 2.80. The molecule has 1 unspecified atom stereocenters. The van der Waals surface area contributed by atoms with Crippen molar-refractivity contribution in [3.63, 3.8) is 0 Å². The number of hydrogen-bond donors (Lipinski definition) is 1. The van der Waals surface area contributed by atoms with E-state index in [1.54, 1.807) is 35.2 Å². The largest absolute Gasteiger partial charge is 0.399 e. The zero-order valence-electron chi connectivity index (χ0n) is 13.0. The Balaban J connectivity index is 1.82. The number of rotatable bonds is 2. The standard InChI is InChI=1S/C18H19FN2O2/c1-12-6-7-13(20)10-15(12)18(22)21-8-9-23-17(11-21)14-4-2-3-5-16(14)19/h2-7,10,17H,8-9,11,20H2,1H3. The normalized spacial score (nSPS) is 18.0. The van der Waals surface area contributed by atoms with Crippen molar-refractivity contribution in [3.8, 4) is 0 Å². The molecule has 23 heavy (non-hydrogen) atoms. The molecule has 2 aromatic carbocycles. The molecule has 1 aliphatic rings. The summed E-state index contributed by atoms with van der Waals surface area (Å²) in [6.07, 6.45) is -0.449. The van der Waals surface area contributed by atoms with E-state index in [9.17, 15) is 9.18 Å². The van der Waals surface area contributed by atoms with Crippen molar-refractivity contribution >= 4 is 11.6 Å². The van der Waals surface area contributed by atoms with Crippen LogP contribution in [0.2, 0.25) is 0 Å². The molecule has 3 rings (SSSR count). The summed E-state index contributed by atoms with van der Waals surface area (Å²) in [4.78, 5) is 14.5. The summed E-state index contributed by atoms with van der Waals surface area (Å²) < 4.78 is 19.6. The van der Waals surface area contributed by atoms with Crippen LogP contribution >= 0.6 is 0 Å². The van der Waals surface area contributed by atoms with Crippen LogP contribution in [0.5, 0.6) is 0 Å². The van der Waals surface area contributed by atoms with Crippen LogP contribution in [0.15, 0.2) is 42.5 Å². The lowest BCUT2D eigenvalue weighted by molar-refractivity contribution is -0.0243. The molecule has 0 saturated carbocycles. The van der Waals surface area contributed by atoms with Gasteiger partial charge in [-0.15, -0.1) is 0 Å². The summed E-state index contributed by atoms with van der Waals surface area (Å²) >= 11 is 0. The Morgan fingerprint density at radius 2 is 2.09 bits per heavy atom. The lowest BCUT2D eigenvalue weighted by Gasteiger charge is -2.33. The van der Waals surface area contributed by atoms with Gasteiger partial charge in [0.15, 0.2) is 0 Å². The summed E-state index contributed by atoms with van der Waals surface area (Å²) in [7, 11) is 0. The van der Waals surface area contributed by atoms with Crippen LogP contribution in [0, 0.1) is 12.7 Å². The van der Waals surface area contributed by atoms with Gasteiger partial charge >= 0.3 is 0 Å². The molecular weight excluding hydrogens is 295 g/mol. The molecular formula is C18H19FN2O2. The molecule has 2 N–H and O–H groups in total. The Bertz CT molecular complexity index is 733. The van der Waals surface area contributed by atoms with E-state index in [1.807, 2.05) is 13.0 Å². The van der Waals surface area contributed by atoms with Crippen LogP contribution in [0.25, 0.3) is 0 Å². The van der Waals surface area contributed by atoms with Crippen molar-refractivity contribution in [1.29, 1.82) is 0 Å². The SMILES string of the molecule is Cc1ccc(N)cc1C(=O)N1CCOC(c2ccccc2F)C1. The molecule has 5 heteroatoms. The highest BCUT2D eigenvalue weighted by Gasteiger charge is 2.28. The lowest BCUT2D eigenvalue weighted by atomic mass is 10.0. The molecule has 4 nitrogen and oxygen atoms in total. The number of carbonyl (C=O) groups is 1. The minimum absolute atomic E-state index is 0.0977. The average Bonchev–Trinajstić information content (AvgIpc) is 2.57. The second kappa shape index (κ2) is 6.38. The molecule has 1 aliphatic heterocycles. The topological polar surface area (TPSA) is 55.6 Å². The van der Waals surface area contributed by atoms with E-state index in [4.69, 9.17) is 10.5 Å². The monoisotopic (exact) mass is 314 g/mol. The van der Waals surface area contributed by atoms with Gasteiger partial charge in [-0.2, -0.15) is 0 Å². The summed E-state index contributed by atoms with van der Waals surface area (Å²) in [5.74, 6) is -0.411. The van der Waals surface area contributed by atoms with Gasteiger partial charge in [0.25, 0.3) is 5.91 Å². The van der Waals surface area contributed by atoms with Crippen LogP contribution in [-0.4, -0.2) is 30.5 Å². The third-order valence-corrected chi connectivity index (χ3v) is 4.10. The number of nitrogens with zero attached hydrogens (tertiary/aromatic N) is 1. The van der Waals surface area contributed by atoms with Crippen LogP contribution < -0.4 is 5.73 Å². The molecule has 1 heterocycles. The molecule has 0 radical (unpaired) electrons. The molecule has 0 spiro atoms. The van der Waals surface area contributed by atoms with Crippen molar-refractivity contribution < 1.29 is 13.9 Å². The van der Waals surface area contributed by atoms with Crippen LogP contribution in [0.3, 0.4) is 0 Å². The Morgan fingerprint density at radius 3 is 2.87 bits per heavy atom. The fourth-order valence-electron chi connectivity index (χ4n) is 2.80. The highest BCUT2D eigenvalue weighted by molar-refractivity contribution is 5.96. The number of morpholine rings is 1. The first-order chi connectivity index (χ1) is 11.1. The molecule has 1 atom stereocenters. The first kappa shape index (κ1) is 15.5. The number of anilines is 1. The van der Waals surface area contributed by atoms with E-state index in [0.717, 1.165) is 5.56 Å². The van der Waals surface area contributed by atoms with Gasteiger partial charge in [-0.25, -0.2) is 4.39 Å². The summed E-state index contributed by atoms with van der Waals surface area (Å²) in [6.45, 7) is 3.07. The molecule has 0 bridgehead atoms. The molecule has 120 valence electrons. The maximum Gasteiger partial charge on any atom is 0.254 e. The number of carbonyl (C=O) groups excluding carboxylic acids is 1. The van der Waals surface area contributed by atoms with Gasteiger partial charge in [-0.05, 0) is 30.7 Å². The summed E-state index contributed by atoms with van der Waals surface area (Å²) in [5.41, 5.74) is 8.28. The van der Waals surface area contributed by atoms with Gasteiger partial charge in [0, 0.05) is 23.4 Å². The van der Waals surface area contributed by atoms with Crippen LogP contribution in [0.1, 0.15) is 27.6 Å². The third kappa shape index (κ3) is 3.19. The van der Waals surface area contributed by atoms with E-state index in [2.05, 4.69) is 0 Å². The third-order valence-electron chi connectivity index (χ3n) is 4.10. The number of halogens is 1. The maximum absolute atomic E-state index is 13.9. The van der Waals surface area contributed by atoms with Gasteiger partial charge in [0.05, 0.1) is 13.2 Å². The van der Waals surface area contributed by atoms with Crippen molar-refractivity contribution in [2.45, 2.75) is 13.0 Å². The fraction of sp³-hybridized carbons (Fsp3) is 0.278. The first-order valence-electron chi connectivity index (χ1n) is 7.57. The number of aryl methyl sites for hydroxylation is 1. The van der Waals surface area contributed by atoms with Crippen molar-refractivity contribution in [1.82, 2.24) is 4.90 Å². The van der Waals surface area contributed by atoms with Crippen molar-refractivity contribution in [2.24, 2.45) is 0 Å². The number of amides is 1. The molecule has 0 aromatic heterocycles. The van der Waals surface area contributed by atoms with Gasteiger partial charge in [0.1, 0.15) is 11.9 Å². The van der Waals surface area contributed by atoms with E-state index in [-0.39, 0.29) is 11.7 Å². The number of nitrogen functional groups attached to an aromatic ring is 1. The van der Waals surface area contributed by atoms with E-state index in [1.165, 1.54) is 6.07 Å². The lowest BCUT2D eigenvalue weighted by Crippen LogP contribution is -2.42. The number of ether oxygens (including phenoxy) is 1. The summed E-state index contributed by atoms with van der Waals surface area (Å²) in [6, 6.07) is 11.8. The highest BCUT2D eigenvalue weighted by atomic mass is 19.1. The molecule has 1 amide bonds. The first-order valence-corrected chi connectivity index (χ1v) is 7.57. The predicted molar refractivity (Wildman–Crippen MR) is 86.6 cm³/mol. The Morgan fingerprint density at radius 1 is 1.30 bits per heavy atom. The van der Waals surface area contributed by atoms with Crippen LogP contribution in [-0.2, 0) is 4.74 Å². The Hall–Kier alpha value is -2.40. The maximum atomic E-state index is 13.9. The van der Waals surface area contributed by atoms with Gasteiger partial charge in [-0.3, -0.25) is 4.79 Å². The van der Waals surface area contributed by atoms with Crippen molar-refractivity contribution in [2.75, 3.05) is 25.4 Å². The molecule has 0 aliphatic carbocycles. The van der Waals surface area contributed by atoms with Gasteiger partial charge < -0.3 is 15.4 Å². The van der Waals surface area contributed by atoms with E-state index >= 15 is 0 Å². The van der Waals surface area contributed by atoms with Gasteiger partial charge in [-0.1, -0.05) is 24.3 Å². The Labute approximate surface area is 134 Å². The Kier molecular flexibility index (Phi) is 4.30. The zero-order valence-corrected chi connectivity index (χ0v) is 13.0. The van der Waals surface area contributed by atoms with E-state index < -0.39 is 6.10 Å². The molecule has 1 fully saturated rings. The number of benzene rings is 2. The zero-order chi connectivity index (χ0) is 16.4. The predicted octanol–water partition coefficient (Wildman–Crippen LogP) is 2.93. The second-order valence-electron chi connectivity index (χ2n) is 5.71. The number of hydrogen-bond acceptors (Lipinski definition) is 3. The molecule has 2 aromatic rings. The quantitative estimate of drug-likeness (QED) is 0.867. The number of nitrogens with two attached hydrogens (primary N) is 1. The van der Waals surface area contributed by atoms with E-state index in [0.29, 0.717) is 36.5 Å². The second-order valence-corrected chi connectivity index (χ2v) is 5.71. The average molecular weight is 314 g/mol. The molecule has 1 saturated heterocycles. The smallest absolute Gasteiger partial charge is 0.254 e.